The van der Waals surface area contributed by atoms with Crippen LogP contribution in [0.1, 0.15) is 59.8 Å². The fourth-order valence-corrected chi connectivity index (χ4v) is 2.71. The SMILES string of the molecule is CCNC(CNC(=O)OC(C)(C)C)C1CCCCC1. The summed E-state index contributed by atoms with van der Waals surface area (Å²) in [5.74, 6) is 0.684. The third-order valence-electron chi connectivity index (χ3n) is 3.55. The van der Waals surface area contributed by atoms with Gasteiger partial charge >= 0.3 is 6.09 Å². The normalized spacial score (nSPS) is 18.9. The van der Waals surface area contributed by atoms with Gasteiger partial charge in [-0.25, -0.2) is 4.79 Å². The third-order valence-corrected chi connectivity index (χ3v) is 3.55. The maximum absolute atomic E-state index is 11.7. The molecule has 1 rings (SSSR count). The lowest BCUT2D eigenvalue weighted by molar-refractivity contribution is 0.0516. The molecule has 0 spiro atoms. The average molecular weight is 270 g/mol. The maximum atomic E-state index is 11.7. The first-order valence-electron chi connectivity index (χ1n) is 7.62. The standard InChI is InChI=1S/C15H30N2O2/c1-5-16-13(12-9-7-6-8-10-12)11-17-14(18)19-15(2,3)4/h12-13,16H,5-11H2,1-4H3,(H,17,18). The predicted octanol–water partition coefficient (Wildman–Crippen LogP) is 3.07. The van der Waals surface area contributed by atoms with Crippen LogP contribution in [-0.2, 0) is 4.74 Å². The number of carbonyl (C=O) groups excluding carboxylic acids is 1. The molecule has 0 aromatic heterocycles. The number of rotatable bonds is 5. The van der Waals surface area contributed by atoms with E-state index in [9.17, 15) is 4.79 Å². The summed E-state index contributed by atoms with van der Waals surface area (Å²) >= 11 is 0. The highest BCUT2D eigenvalue weighted by Gasteiger charge is 2.24. The monoisotopic (exact) mass is 270 g/mol. The van der Waals surface area contributed by atoms with Crippen molar-refractivity contribution >= 4 is 6.09 Å². The van der Waals surface area contributed by atoms with Crippen molar-refractivity contribution in [3.8, 4) is 0 Å². The number of hydrogen-bond donors (Lipinski definition) is 2. The van der Waals surface area contributed by atoms with Gasteiger partial charge in [-0.1, -0.05) is 26.2 Å². The summed E-state index contributed by atoms with van der Waals surface area (Å²) in [5, 5.41) is 6.40. The van der Waals surface area contributed by atoms with Crippen LogP contribution in [0, 0.1) is 5.92 Å². The van der Waals surface area contributed by atoms with Crippen molar-refractivity contribution in [2.45, 2.75) is 71.4 Å². The number of carbonyl (C=O) groups is 1. The van der Waals surface area contributed by atoms with Gasteiger partial charge in [0.25, 0.3) is 0 Å². The Hall–Kier alpha value is -0.770. The number of amides is 1. The second-order valence-corrected chi connectivity index (χ2v) is 6.45. The van der Waals surface area contributed by atoms with Crippen molar-refractivity contribution < 1.29 is 9.53 Å². The molecule has 1 aliphatic carbocycles. The van der Waals surface area contributed by atoms with E-state index in [1.807, 2.05) is 20.8 Å². The van der Waals surface area contributed by atoms with E-state index in [2.05, 4.69) is 17.6 Å². The number of ether oxygens (including phenoxy) is 1. The molecule has 0 aromatic carbocycles. The quantitative estimate of drug-likeness (QED) is 0.807. The summed E-state index contributed by atoms with van der Waals surface area (Å²) < 4.78 is 5.28. The van der Waals surface area contributed by atoms with Crippen molar-refractivity contribution in [2.75, 3.05) is 13.1 Å². The van der Waals surface area contributed by atoms with E-state index < -0.39 is 5.60 Å². The van der Waals surface area contributed by atoms with Gasteiger partial charge in [-0.15, -0.1) is 0 Å². The first-order valence-corrected chi connectivity index (χ1v) is 7.62. The third kappa shape index (κ3) is 6.81. The number of nitrogens with one attached hydrogen (secondary N) is 2. The van der Waals surface area contributed by atoms with E-state index in [1.165, 1.54) is 32.1 Å². The van der Waals surface area contributed by atoms with Gasteiger partial charge in [-0.2, -0.15) is 0 Å². The van der Waals surface area contributed by atoms with Gasteiger partial charge in [0.05, 0.1) is 0 Å². The second-order valence-electron chi connectivity index (χ2n) is 6.45. The van der Waals surface area contributed by atoms with Crippen molar-refractivity contribution in [1.29, 1.82) is 0 Å². The van der Waals surface area contributed by atoms with E-state index in [0.717, 1.165) is 6.54 Å². The number of alkyl carbamates (subject to hydrolysis) is 1. The zero-order valence-corrected chi connectivity index (χ0v) is 12.9. The molecule has 2 N–H and O–H groups in total. The molecule has 0 bridgehead atoms. The first kappa shape index (κ1) is 16.3. The fraction of sp³-hybridized carbons (Fsp3) is 0.933. The first-order chi connectivity index (χ1) is 8.92. The number of hydrogen-bond acceptors (Lipinski definition) is 3. The topological polar surface area (TPSA) is 50.4 Å². The summed E-state index contributed by atoms with van der Waals surface area (Å²) in [6.45, 7) is 9.37. The van der Waals surface area contributed by atoms with Crippen LogP contribution in [0.5, 0.6) is 0 Å². The Morgan fingerprint density at radius 3 is 2.42 bits per heavy atom. The van der Waals surface area contributed by atoms with Crippen LogP contribution in [0.3, 0.4) is 0 Å². The van der Waals surface area contributed by atoms with Crippen LogP contribution in [0.2, 0.25) is 0 Å². The van der Waals surface area contributed by atoms with Crippen LogP contribution < -0.4 is 10.6 Å². The Morgan fingerprint density at radius 2 is 1.89 bits per heavy atom. The molecule has 0 saturated heterocycles. The Balaban J connectivity index is 2.38. The molecular weight excluding hydrogens is 240 g/mol. The Morgan fingerprint density at radius 1 is 1.26 bits per heavy atom. The Bertz CT molecular complexity index is 268. The zero-order valence-electron chi connectivity index (χ0n) is 12.9. The lowest BCUT2D eigenvalue weighted by atomic mass is 9.84. The predicted molar refractivity (Wildman–Crippen MR) is 78.3 cm³/mol. The molecule has 0 aromatic rings. The van der Waals surface area contributed by atoms with Crippen LogP contribution in [-0.4, -0.2) is 30.8 Å². The molecule has 1 atom stereocenters. The van der Waals surface area contributed by atoms with Crippen LogP contribution >= 0.6 is 0 Å². The van der Waals surface area contributed by atoms with Crippen LogP contribution in [0.25, 0.3) is 0 Å². The highest BCUT2D eigenvalue weighted by molar-refractivity contribution is 5.67. The Labute approximate surface area is 117 Å². The lowest BCUT2D eigenvalue weighted by Crippen LogP contribution is -2.47. The van der Waals surface area contributed by atoms with Gasteiger partial charge in [-0.05, 0) is 46.1 Å². The van der Waals surface area contributed by atoms with E-state index in [1.54, 1.807) is 0 Å². The van der Waals surface area contributed by atoms with Gasteiger partial charge in [0, 0.05) is 12.6 Å². The molecule has 1 aliphatic rings. The van der Waals surface area contributed by atoms with E-state index in [-0.39, 0.29) is 6.09 Å². The highest BCUT2D eigenvalue weighted by atomic mass is 16.6. The van der Waals surface area contributed by atoms with Crippen LogP contribution in [0.4, 0.5) is 4.79 Å². The fourth-order valence-electron chi connectivity index (χ4n) is 2.71. The molecule has 0 radical (unpaired) electrons. The molecule has 1 saturated carbocycles. The largest absolute Gasteiger partial charge is 0.444 e. The summed E-state index contributed by atoms with van der Waals surface area (Å²) in [6.07, 6.45) is 6.22. The van der Waals surface area contributed by atoms with Gasteiger partial charge in [0.2, 0.25) is 0 Å². The molecule has 0 heterocycles. The minimum Gasteiger partial charge on any atom is -0.444 e. The van der Waals surface area contributed by atoms with Crippen LogP contribution in [0.15, 0.2) is 0 Å². The summed E-state index contributed by atoms with van der Waals surface area (Å²) in [5.41, 5.74) is -0.428. The summed E-state index contributed by atoms with van der Waals surface area (Å²) in [4.78, 5) is 11.7. The van der Waals surface area contributed by atoms with Crippen molar-refractivity contribution in [2.24, 2.45) is 5.92 Å². The van der Waals surface area contributed by atoms with Crippen molar-refractivity contribution in [1.82, 2.24) is 10.6 Å². The smallest absolute Gasteiger partial charge is 0.407 e. The van der Waals surface area contributed by atoms with Gasteiger partial charge in [0.15, 0.2) is 0 Å². The minimum absolute atomic E-state index is 0.314. The minimum atomic E-state index is -0.428. The van der Waals surface area contributed by atoms with Gasteiger partial charge in [0.1, 0.15) is 5.60 Å². The molecule has 1 amide bonds. The summed E-state index contributed by atoms with van der Waals surface area (Å²) in [6, 6.07) is 0.373. The molecule has 4 heteroatoms. The number of likely N-dealkylation sites (N-methyl/N-ethyl adjacent to an activating group) is 1. The Kier molecular flexibility index (Phi) is 6.63. The van der Waals surface area contributed by atoms with Gasteiger partial charge < -0.3 is 15.4 Å². The van der Waals surface area contributed by atoms with E-state index in [0.29, 0.717) is 18.5 Å². The zero-order chi connectivity index (χ0) is 14.3. The molecule has 112 valence electrons. The highest BCUT2D eigenvalue weighted by Crippen LogP contribution is 2.26. The van der Waals surface area contributed by atoms with Crippen molar-refractivity contribution in [3.05, 3.63) is 0 Å². The molecule has 4 nitrogen and oxygen atoms in total. The molecular formula is C15H30N2O2. The molecule has 19 heavy (non-hydrogen) atoms. The maximum Gasteiger partial charge on any atom is 0.407 e. The van der Waals surface area contributed by atoms with E-state index >= 15 is 0 Å². The molecule has 1 unspecified atom stereocenters. The molecule has 0 aliphatic heterocycles. The summed E-state index contributed by atoms with van der Waals surface area (Å²) in [7, 11) is 0. The van der Waals surface area contributed by atoms with E-state index in [4.69, 9.17) is 4.74 Å². The lowest BCUT2D eigenvalue weighted by Gasteiger charge is -2.31. The van der Waals surface area contributed by atoms with Gasteiger partial charge in [-0.3, -0.25) is 0 Å². The van der Waals surface area contributed by atoms with Crippen molar-refractivity contribution in [3.63, 3.8) is 0 Å². The average Bonchev–Trinajstić information content (AvgIpc) is 2.33. The molecule has 1 fully saturated rings. The second kappa shape index (κ2) is 7.73.